The number of hydrogen-bond acceptors (Lipinski definition) is 9. The van der Waals surface area contributed by atoms with E-state index in [1.165, 1.54) is 6.92 Å². The highest BCUT2D eigenvalue weighted by Gasteiger charge is 2.34. The Hall–Kier alpha value is -5.02. The van der Waals surface area contributed by atoms with Crippen molar-refractivity contribution in [3.05, 3.63) is 71.8 Å². The molecule has 0 fully saturated rings. The first kappa shape index (κ1) is 46.1. The van der Waals surface area contributed by atoms with E-state index >= 15 is 0 Å². The van der Waals surface area contributed by atoms with Gasteiger partial charge < -0.3 is 47.3 Å². The van der Waals surface area contributed by atoms with Gasteiger partial charge in [0.15, 0.2) is 0 Å². The molecule has 0 radical (unpaired) electrons. The van der Waals surface area contributed by atoms with E-state index in [-0.39, 0.29) is 25.2 Å². The summed E-state index contributed by atoms with van der Waals surface area (Å²) in [6, 6.07) is 12.9. The zero-order valence-electron chi connectivity index (χ0n) is 33.1. The fourth-order valence-corrected chi connectivity index (χ4v) is 5.68. The summed E-state index contributed by atoms with van der Waals surface area (Å²) < 4.78 is 5.32. The molecule has 0 aliphatic heterocycles. The lowest BCUT2D eigenvalue weighted by molar-refractivity contribution is -0.133. The Kier molecular flexibility index (Phi) is 18.3. The normalized spacial score (nSPS) is 15.3. The van der Waals surface area contributed by atoms with Gasteiger partial charge in [0.05, 0.1) is 37.1 Å². The van der Waals surface area contributed by atoms with Crippen molar-refractivity contribution < 1.29 is 43.7 Å². The van der Waals surface area contributed by atoms with Crippen molar-refractivity contribution in [2.75, 3.05) is 0 Å². The molecule has 0 spiro atoms. The first-order valence-corrected chi connectivity index (χ1v) is 18.6. The average molecular weight is 769 g/mol. The van der Waals surface area contributed by atoms with Crippen LogP contribution in [0.5, 0.6) is 0 Å². The second-order valence-electron chi connectivity index (χ2n) is 15.5. The molecule has 2 rings (SSSR count). The van der Waals surface area contributed by atoms with Gasteiger partial charge in [0, 0.05) is 0 Å². The van der Waals surface area contributed by atoms with Crippen LogP contribution in [-0.2, 0) is 41.6 Å². The van der Waals surface area contributed by atoms with Gasteiger partial charge in [-0.2, -0.15) is 0 Å². The molecular formula is C40H60N6O9. The number of benzene rings is 2. The van der Waals surface area contributed by atoms with Gasteiger partial charge in [0.1, 0.15) is 23.7 Å². The summed E-state index contributed by atoms with van der Waals surface area (Å²) in [6.45, 7) is 13.5. The number of carbonyl (C=O) groups excluding carboxylic acids is 6. The van der Waals surface area contributed by atoms with E-state index in [0.717, 1.165) is 11.1 Å². The first-order valence-electron chi connectivity index (χ1n) is 18.6. The number of alkyl carbamates (subject to hydrolysis) is 1. The molecule has 0 bridgehead atoms. The molecule has 0 aliphatic carbocycles. The highest BCUT2D eigenvalue weighted by molar-refractivity contribution is 5.92. The molecule has 0 saturated carbocycles. The predicted molar refractivity (Wildman–Crippen MR) is 207 cm³/mol. The van der Waals surface area contributed by atoms with E-state index in [1.807, 2.05) is 12.1 Å². The van der Waals surface area contributed by atoms with E-state index < -0.39 is 96.0 Å². The Balaban J connectivity index is 2.18. The van der Waals surface area contributed by atoms with Crippen molar-refractivity contribution in [1.82, 2.24) is 26.6 Å². The summed E-state index contributed by atoms with van der Waals surface area (Å²) in [5.41, 5.74) is 6.04. The van der Waals surface area contributed by atoms with Crippen molar-refractivity contribution in [3.8, 4) is 0 Å². The van der Waals surface area contributed by atoms with Crippen molar-refractivity contribution in [2.24, 2.45) is 17.6 Å². The smallest absolute Gasteiger partial charge is 0.408 e. The molecule has 15 heteroatoms. The SMILES string of the molecule is CC(C)[C@H](NC(=O)OC(C)(C)C)C(=O)N[C@H](C(=O)N[C@@H](Cc1ccccc1)[C@@H](O)CC(=O)N[C@@H](C)C(=O)N[C@@H](Cc1ccccc1)[C@@H](O)CC(N)=O)C(C)C. The minimum Gasteiger partial charge on any atom is -0.444 e. The summed E-state index contributed by atoms with van der Waals surface area (Å²) in [5, 5.41) is 35.4. The highest BCUT2D eigenvalue weighted by atomic mass is 16.6. The first-order chi connectivity index (χ1) is 25.7. The zero-order chi connectivity index (χ0) is 41.5. The maximum atomic E-state index is 13.8. The Morgan fingerprint density at radius 1 is 0.618 bits per heavy atom. The fraction of sp³-hybridized carbons (Fsp3) is 0.550. The molecule has 2 aromatic rings. The van der Waals surface area contributed by atoms with Crippen LogP contribution in [0.3, 0.4) is 0 Å². The number of carbonyl (C=O) groups is 6. The lowest BCUT2D eigenvalue weighted by atomic mass is 9.96. The minimum atomic E-state index is -1.43. The molecule has 6 amide bonds. The monoisotopic (exact) mass is 768 g/mol. The summed E-state index contributed by atoms with van der Waals surface area (Å²) >= 11 is 0. The van der Waals surface area contributed by atoms with Crippen LogP contribution >= 0.6 is 0 Å². The Morgan fingerprint density at radius 3 is 1.47 bits per heavy atom. The zero-order valence-corrected chi connectivity index (χ0v) is 33.1. The Bertz CT molecular complexity index is 1570. The molecular weight excluding hydrogens is 708 g/mol. The molecule has 15 nitrogen and oxygen atoms in total. The largest absolute Gasteiger partial charge is 0.444 e. The van der Waals surface area contributed by atoms with Crippen LogP contribution in [0.2, 0.25) is 0 Å². The number of nitrogens with one attached hydrogen (secondary N) is 5. The van der Waals surface area contributed by atoms with Crippen LogP contribution in [0.15, 0.2) is 60.7 Å². The molecule has 7 atom stereocenters. The third-order valence-electron chi connectivity index (χ3n) is 8.63. The van der Waals surface area contributed by atoms with Crippen molar-refractivity contribution >= 4 is 35.6 Å². The Labute approximate surface area is 323 Å². The Morgan fingerprint density at radius 2 is 1.04 bits per heavy atom. The van der Waals surface area contributed by atoms with Crippen molar-refractivity contribution in [3.63, 3.8) is 0 Å². The molecule has 2 aromatic carbocycles. The fourth-order valence-electron chi connectivity index (χ4n) is 5.68. The topological polar surface area (TPSA) is 238 Å². The summed E-state index contributed by atoms with van der Waals surface area (Å²) in [4.78, 5) is 77.6. The van der Waals surface area contributed by atoms with Crippen LogP contribution in [0, 0.1) is 11.8 Å². The highest BCUT2D eigenvalue weighted by Crippen LogP contribution is 2.14. The van der Waals surface area contributed by atoms with Gasteiger partial charge in [0.2, 0.25) is 29.5 Å². The van der Waals surface area contributed by atoms with Gasteiger partial charge in [0.25, 0.3) is 0 Å². The maximum Gasteiger partial charge on any atom is 0.408 e. The van der Waals surface area contributed by atoms with Gasteiger partial charge in [-0.15, -0.1) is 0 Å². The van der Waals surface area contributed by atoms with Gasteiger partial charge >= 0.3 is 6.09 Å². The molecule has 304 valence electrons. The van der Waals surface area contributed by atoms with E-state index in [1.54, 1.807) is 97.0 Å². The average Bonchev–Trinajstić information content (AvgIpc) is 3.08. The molecule has 0 aliphatic rings. The quantitative estimate of drug-likeness (QED) is 0.0976. The number of aliphatic hydroxyl groups is 2. The second kappa shape index (κ2) is 21.8. The van der Waals surface area contributed by atoms with E-state index in [2.05, 4.69) is 26.6 Å². The summed E-state index contributed by atoms with van der Waals surface area (Å²) in [7, 11) is 0. The summed E-state index contributed by atoms with van der Waals surface area (Å²) in [6.07, 6.45) is -4.06. The minimum absolute atomic E-state index is 0.129. The van der Waals surface area contributed by atoms with Gasteiger partial charge in [-0.1, -0.05) is 88.4 Å². The summed E-state index contributed by atoms with van der Waals surface area (Å²) in [5.74, 6) is -4.06. The van der Waals surface area contributed by atoms with Crippen LogP contribution in [0.25, 0.3) is 0 Å². The van der Waals surface area contributed by atoms with Gasteiger partial charge in [-0.3, -0.25) is 24.0 Å². The van der Waals surface area contributed by atoms with Crippen LogP contribution < -0.4 is 32.3 Å². The van der Waals surface area contributed by atoms with Crippen LogP contribution in [-0.4, -0.2) is 93.9 Å². The number of nitrogens with two attached hydrogens (primary N) is 1. The van der Waals surface area contributed by atoms with Gasteiger partial charge in [-0.25, -0.2) is 4.79 Å². The molecule has 0 unspecified atom stereocenters. The lowest BCUT2D eigenvalue weighted by Gasteiger charge is -2.30. The van der Waals surface area contributed by atoms with E-state index in [9.17, 15) is 39.0 Å². The molecule has 0 aromatic heterocycles. The molecule has 0 heterocycles. The number of aliphatic hydroxyl groups excluding tert-OH is 2. The third kappa shape index (κ3) is 16.9. The molecule has 0 saturated heterocycles. The predicted octanol–water partition coefficient (Wildman–Crippen LogP) is 1.62. The standard InChI is InChI=1S/C40H60N6O9/c1-23(2)34(45-38(53)35(24(3)4)46-39(54)55-40(6,7)8)37(52)44-29(20-27-17-13-10-14-18-27)31(48)22-33(50)42-25(5)36(51)43-28(30(47)21-32(41)49)19-26-15-11-9-12-16-26/h9-18,23-25,28-31,34-35,47-48H,19-22H2,1-8H3,(H2,41,49)(H,42,50)(H,43,51)(H,44,52)(H,45,53)(H,46,54)/t25-,28-,29-,30-,31-,34-,35-/m0/s1. The molecule has 55 heavy (non-hydrogen) atoms. The van der Waals surface area contributed by atoms with E-state index in [0.29, 0.717) is 0 Å². The van der Waals surface area contributed by atoms with Gasteiger partial charge in [-0.05, 0) is 63.5 Å². The number of ether oxygens (including phenoxy) is 1. The van der Waals surface area contributed by atoms with Crippen molar-refractivity contribution in [2.45, 2.75) is 129 Å². The number of rotatable bonds is 20. The number of amides is 6. The third-order valence-corrected chi connectivity index (χ3v) is 8.63. The molecule has 9 N–H and O–H groups in total. The second-order valence-corrected chi connectivity index (χ2v) is 15.5. The van der Waals surface area contributed by atoms with E-state index in [4.69, 9.17) is 10.5 Å². The number of hydrogen-bond donors (Lipinski definition) is 8. The number of primary amides is 1. The van der Waals surface area contributed by atoms with Crippen molar-refractivity contribution in [1.29, 1.82) is 0 Å². The lowest BCUT2D eigenvalue weighted by Crippen LogP contribution is -2.59. The van der Waals surface area contributed by atoms with Crippen LogP contribution in [0.1, 0.15) is 79.4 Å². The maximum absolute atomic E-state index is 13.8. The van der Waals surface area contributed by atoms with Crippen LogP contribution in [0.4, 0.5) is 4.79 Å².